The summed E-state index contributed by atoms with van der Waals surface area (Å²) in [6.45, 7) is 0.136. The van der Waals surface area contributed by atoms with Gasteiger partial charge < -0.3 is 19.9 Å². The lowest BCUT2D eigenvalue weighted by Crippen LogP contribution is -2.47. The molecule has 2 aromatic rings. The number of aliphatic hydroxyl groups excluding tert-OH is 1. The zero-order valence-electron chi connectivity index (χ0n) is 17.5. The van der Waals surface area contributed by atoms with E-state index in [1.54, 1.807) is 30.3 Å². The molecule has 0 radical (unpaired) electrons. The SMILES string of the molecule is CS(=O)(=O)Nc1ccc2c(c1)[C@@H]1C[C@@H](CC(=O)NCc3ccc(Cl)cc3)O[C@H](CO)[C@@H]1O2. The highest BCUT2D eigenvalue weighted by molar-refractivity contribution is 7.92. The van der Waals surface area contributed by atoms with Gasteiger partial charge in [-0.1, -0.05) is 23.7 Å². The number of hydrogen-bond acceptors (Lipinski definition) is 6. The van der Waals surface area contributed by atoms with Crippen LogP contribution in [0, 0.1) is 0 Å². The first-order valence-electron chi connectivity index (χ1n) is 10.3. The van der Waals surface area contributed by atoms with Crippen molar-refractivity contribution in [3.8, 4) is 5.75 Å². The molecule has 172 valence electrons. The van der Waals surface area contributed by atoms with Crippen LogP contribution in [0.2, 0.25) is 5.02 Å². The molecule has 3 N–H and O–H groups in total. The molecule has 1 fully saturated rings. The molecule has 0 spiro atoms. The highest BCUT2D eigenvalue weighted by atomic mass is 35.5. The predicted octanol–water partition coefficient (Wildman–Crippen LogP) is 2.41. The van der Waals surface area contributed by atoms with Crippen LogP contribution in [0.3, 0.4) is 0 Å². The summed E-state index contributed by atoms with van der Waals surface area (Å²) in [6.07, 6.45) is 0.376. The van der Waals surface area contributed by atoms with Gasteiger partial charge in [-0.05, 0) is 42.3 Å². The summed E-state index contributed by atoms with van der Waals surface area (Å²) in [6, 6.07) is 12.3. The van der Waals surface area contributed by atoms with Crippen molar-refractivity contribution in [3.05, 3.63) is 58.6 Å². The van der Waals surface area contributed by atoms with Gasteiger partial charge in [0.15, 0.2) is 0 Å². The van der Waals surface area contributed by atoms with E-state index in [0.29, 0.717) is 29.4 Å². The maximum Gasteiger partial charge on any atom is 0.229 e. The van der Waals surface area contributed by atoms with E-state index < -0.39 is 28.3 Å². The number of amides is 1. The highest BCUT2D eigenvalue weighted by Gasteiger charge is 2.46. The summed E-state index contributed by atoms with van der Waals surface area (Å²) in [5.74, 6) is 0.354. The van der Waals surface area contributed by atoms with Crippen LogP contribution in [0.4, 0.5) is 5.69 Å². The van der Waals surface area contributed by atoms with Crippen LogP contribution in [0.25, 0.3) is 0 Å². The Balaban J connectivity index is 1.43. The minimum Gasteiger partial charge on any atom is -0.487 e. The first kappa shape index (κ1) is 22.8. The smallest absolute Gasteiger partial charge is 0.229 e. The van der Waals surface area contributed by atoms with Crippen LogP contribution < -0.4 is 14.8 Å². The molecule has 4 atom stereocenters. The van der Waals surface area contributed by atoms with Crippen molar-refractivity contribution in [2.24, 2.45) is 0 Å². The predicted molar refractivity (Wildman–Crippen MR) is 120 cm³/mol. The van der Waals surface area contributed by atoms with E-state index in [9.17, 15) is 18.3 Å². The highest BCUT2D eigenvalue weighted by Crippen LogP contribution is 2.47. The lowest BCUT2D eigenvalue weighted by Gasteiger charge is -2.37. The standard InChI is InChI=1S/C22H25ClN2O6S/c1-32(28,29)25-15-6-7-19-17(8-15)18-9-16(30-20(12-26)22(18)31-19)10-21(27)24-11-13-2-4-14(23)5-3-13/h2-8,16,18,20,22,25-26H,9-12H2,1H3,(H,24,27)/t16-,18-,20+,22+/m0/s1. The van der Waals surface area contributed by atoms with Gasteiger partial charge in [-0.3, -0.25) is 9.52 Å². The third-order valence-corrected chi connectivity index (χ3v) is 6.48. The van der Waals surface area contributed by atoms with Crippen LogP contribution in [0.1, 0.15) is 29.9 Å². The number of hydrogen-bond donors (Lipinski definition) is 3. The number of ether oxygens (including phenoxy) is 2. The number of nitrogens with one attached hydrogen (secondary N) is 2. The van der Waals surface area contributed by atoms with Crippen molar-refractivity contribution in [2.45, 2.75) is 43.6 Å². The third-order valence-electron chi connectivity index (χ3n) is 5.62. The number of aliphatic hydroxyl groups is 1. The van der Waals surface area contributed by atoms with Gasteiger partial charge in [0, 0.05) is 28.7 Å². The molecule has 2 aliphatic rings. The van der Waals surface area contributed by atoms with E-state index >= 15 is 0 Å². The Hall–Kier alpha value is -2.33. The zero-order valence-corrected chi connectivity index (χ0v) is 19.0. The van der Waals surface area contributed by atoms with Crippen molar-refractivity contribution in [1.29, 1.82) is 0 Å². The monoisotopic (exact) mass is 480 g/mol. The fourth-order valence-corrected chi connectivity index (χ4v) is 4.93. The second kappa shape index (κ2) is 9.27. The molecule has 0 saturated carbocycles. The van der Waals surface area contributed by atoms with E-state index in [0.717, 1.165) is 17.4 Å². The van der Waals surface area contributed by atoms with Gasteiger partial charge in [0.1, 0.15) is 18.0 Å². The topological polar surface area (TPSA) is 114 Å². The fourth-order valence-electron chi connectivity index (χ4n) is 4.25. The molecule has 10 heteroatoms. The van der Waals surface area contributed by atoms with E-state index in [1.807, 2.05) is 12.1 Å². The Bertz CT molecular complexity index is 1090. The molecule has 32 heavy (non-hydrogen) atoms. The minimum absolute atomic E-state index is 0.119. The van der Waals surface area contributed by atoms with Crippen molar-refractivity contribution in [3.63, 3.8) is 0 Å². The van der Waals surface area contributed by atoms with E-state index in [-0.39, 0.29) is 24.9 Å². The third kappa shape index (κ3) is 5.35. The summed E-state index contributed by atoms with van der Waals surface area (Å²) in [7, 11) is -3.41. The van der Waals surface area contributed by atoms with E-state index in [1.165, 1.54) is 0 Å². The molecular weight excluding hydrogens is 456 g/mol. The maximum atomic E-state index is 12.5. The Labute approximate surface area is 191 Å². The average Bonchev–Trinajstić information content (AvgIpc) is 3.09. The maximum absolute atomic E-state index is 12.5. The molecule has 2 aliphatic heterocycles. The molecule has 8 nitrogen and oxygen atoms in total. The summed E-state index contributed by atoms with van der Waals surface area (Å²) in [4.78, 5) is 12.5. The Morgan fingerprint density at radius 3 is 2.66 bits per heavy atom. The van der Waals surface area contributed by atoms with E-state index in [4.69, 9.17) is 21.1 Å². The fraction of sp³-hybridized carbons (Fsp3) is 0.409. The zero-order chi connectivity index (χ0) is 22.9. The number of sulfonamides is 1. The molecule has 2 heterocycles. The lowest BCUT2D eigenvalue weighted by molar-refractivity contribution is -0.142. The number of fused-ring (bicyclic) bond motifs is 3. The normalized spacial score (nSPS) is 24.2. The second-order valence-corrected chi connectivity index (χ2v) is 10.3. The number of carbonyl (C=O) groups excluding carboxylic acids is 1. The summed E-state index contributed by atoms with van der Waals surface area (Å²) >= 11 is 5.88. The number of halogens is 1. The van der Waals surface area contributed by atoms with Crippen molar-refractivity contribution in [2.75, 3.05) is 17.6 Å². The van der Waals surface area contributed by atoms with Gasteiger partial charge >= 0.3 is 0 Å². The number of rotatable bonds is 7. The molecule has 0 aliphatic carbocycles. The average molecular weight is 481 g/mol. The van der Waals surface area contributed by atoms with Crippen molar-refractivity contribution < 1.29 is 27.8 Å². The van der Waals surface area contributed by atoms with Crippen LogP contribution in [0.5, 0.6) is 5.75 Å². The van der Waals surface area contributed by atoms with Gasteiger partial charge in [0.25, 0.3) is 0 Å². The van der Waals surface area contributed by atoms with Gasteiger partial charge in [-0.15, -0.1) is 0 Å². The quantitative estimate of drug-likeness (QED) is 0.560. The first-order chi connectivity index (χ1) is 15.2. The van der Waals surface area contributed by atoms with Crippen LogP contribution in [0.15, 0.2) is 42.5 Å². The lowest BCUT2D eigenvalue weighted by atomic mass is 9.84. The molecule has 0 aromatic heterocycles. The van der Waals surface area contributed by atoms with Gasteiger partial charge in [-0.2, -0.15) is 0 Å². The second-order valence-electron chi connectivity index (χ2n) is 8.14. The van der Waals surface area contributed by atoms with Crippen LogP contribution in [-0.2, 0) is 26.1 Å². The first-order valence-corrected chi connectivity index (χ1v) is 12.5. The van der Waals surface area contributed by atoms with Crippen LogP contribution >= 0.6 is 11.6 Å². The van der Waals surface area contributed by atoms with Gasteiger partial charge in [0.05, 0.1) is 25.4 Å². The van der Waals surface area contributed by atoms with Gasteiger partial charge in [-0.25, -0.2) is 8.42 Å². The minimum atomic E-state index is -3.41. The largest absolute Gasteiger partial charge is 0.487 e. The van der Waals surface area contributed by atoms with Gasteiger partial charge in [0.2, 0.25) is 15.9 Å². The Kier molecular flexibility index (Phi) is 6.62. The summed E-state index contributed by atoms with van der Waals surface area (Å²) < 4.78 is 37.6. The molecular formula is C22H25ClN2O6S. The molecule has 0 bridgehead atoms. The number of benzene rings is 2. The Morgan fingerprint density at radius 2 is 1.97 bits per heavy atom. The van der Waals surface area contributed by atoms with Crippen LogP contribution in [-0.4, -0.2) is 50.6 Å². The van der Waals surface area contributed by atoms with Crippen molar-refractivity contribution in [1.82, 2.24) is 5.32 Å². The number of anilines is 1. The molecule has 4 rings (SSSR count). The number of carbonyl (C=O) groups is 1. The Morgan fingerprint density at radius 1 is 1.22 bits per heavy atom. The molecule has 0 unspecified atom stereocenters. The summed E-state index contributed by atoms with van der Waals surface area (Å²) in [5.41, 5.74) is 2.22. The summed E-state index contributed by atoms with van der Waals surface area (Å²) in [5, 5.41) is 13.4. The van der Waals surface area contributed by atoms with Crippen molar-refractivity contribution >= 4 is 33.2 Å². The molecule has 1 amide bonds. The molecule has 1 saturated heterocycles. The van der Waals surface area contributed by atoms with E-state index in [2.05, 4.69) is 10.0 Å². The molecule has 2 aromatic carbocycles.